The minimum atomic E-state index is -3.40. The highest BCUT2D eigenvalue weighted by Crippen LogP contribution is 2.18. The summed E-state index contributed by atoms with van der Waals surface area (Å²) in [5.74, 6) is 0.395. The Labute approximate surface area is 135 Å². The number of nitrogens with zero attached hydrogens (tertiary/aromatic N) is 1. The molecular weight excluding hydrogens is 316 g/mol. The molecule has 0 saturated carbocycles. The van der Waals surface area contributed by atoms with Crippen LogP contribution in [0.2, 0.25) is 0 Å². The number of amides is 1. The topological polar surface area (TPSA) is 79.6 Å². The van der Waals surface area contributed by atoms with E-state index >= 15 is 0 Å². The van der Waals surface area contributed by atoms with Gasteiger partial charge < -0.3 is 9.73 Å². The van der Waals surface area contributed by atoms with Gasteiger partial charge in [-0.25, -0.2) is 8.42 Å². The minimum absolute atomic E-state index is 0.170. The Morgan fingerprint density at radius 3 is 2.52 bits per heavy atom. The average Bonchev–Trinajstić information content (AvgIpc) is 3.03. The van der Waals surface area contributed by atoms with Crippen LogP contribution >= 0.6 is 0 Å². The largest absolute Gasteiger partial charge is 0.467 e. The van der Waals surface area contributed by atoms with E-state index in [0.29, 0.717) is 23.6 Å². The van der Waals surface area contributed by atoms with Crippen LogP contribution in [0.4, 0.5) is 5.69 Å². The van der Waals surface area contributed by atoms with E-state index in [2.05, 4.69) is 11.9 Å². The highest BCUT2D eigenvalue weighted by molar-refractivity contribution is 7.92. The molecule has 0 spiro atoms. The minimum Gasteiger partial charge on any atom is -0.467 e. The zero-order valence-corrected chi connectivity index (χ0v) is 13.5. The van der Waals surface area contributed by atoms with Crippen LogP contribution < -0.4 is 9.62 Å². The molecule has 23 heavy (non-hydrogen) atoms. The van der Waals surface area contributed by atoms with Crippen LogP contribution in [0.25, 0.3) is 0 Å². The number of carbonyl (C=O) groups is 1. The fourth-order valence-electron chi connectivity index (χ4n) is 2.01. The van der Waals surface area contributed by atoms with Crippen molar-refractivity contribution in [2.45, 2.75) is 6.54 Å². The van der Waals surface area contributed by atoms with Gasteiger partial charge in [0.25, 0.3) is 5.91 Å². The summed E-state index contributed by atoms with van der Waals surface area (Å²) in [7, 11) is -3.40. The first-order chi connectivity index (χ1) is 10.9. The zero-order chi connectivity index (χ0) is 16.9. The van der Waals surface area contributed by atoms with Crippen LogP contribution in [-0.4, -0.2) is 27.1 Å². The van der Waals surface area contributed by atoms with Crippen molar-refractivity contribution in [3.63, 3.8) is 0 Å². The molecule has 2 aromatic rings. The molecule has 0 atom stereocenters. The monoisotopic (exact) mass is 334 g/mol. The van der Waals surface area contributed by atoms with Gasteiger partial charge in [0.1, 0.15) is 5.76 Å². The molecule has 0 fully saturated rings. The van der Waals surface area contributed by atoms with Crippen molar-refractivity contribution in [1.82, 2.24) is 5.32 Å². The van der Waals surface area contributed by atoms with Crippen LogP contribution in [0.3, 0.4) is 0 Å². The van der Waals surface area contributed by atoms with E-state index in [-0.39, 0.29) is 12.5 Å². The van der Waals surface area contributed by atoms with Crippen molar-refractivity contribution in [2.24, 2.45) is 0 Å². The lowest BCUT2D eigenvalue weighted by Gasteiger charge is -2.20. The maximum Gasteiger partial charge on any atom is 0.251 e. The molecule has 0 bridgehead atoms. The SMILES string of the molecule is C=CCN(c1ccc(C(=O)NCc2ccco2)cc1)S(C)(=O)=O. The lowest BCUT2D eigenvalue weighted by atomic mass is 10.2. The zero-order valence-electron chi connectivity index (χ0n) is 12.7. The van der Waals surface area contributed by atoms with E-state index in [1.807, 2.05) is 0 Å². The van der Waals surface area contributed by atoms with Crippen molar-refractivity contribution in [1.29, 1.82) is 0 Å². The second kappa shape index (κ2) is 7.15. The number of nitrogens with one attached hydrogen (secondary N) is 1. The van der Waals surface area contributed by atoms with Gasteiger partial charge >= 0.3 is 0 Å². The second-order valence-electron chi connectivity index (χ2n) is 4.89. The molecule has 1 heterocycles. The fraction of sp³-hybridized carbons (Fsp3) is 0.188. The first-order valence-corrected chi connectivity index (χ1v) is 8.76. The molecule has 0 radical (unpaired) electrons. The number of hydrogen-bond donors (Lipinski definition) is 1. The summed E-state index contributed by atoms with van der Waals surface area (Å²) < 4.78 is 29.9. The standard InChI is InChI=1S/C16H18N2O4S/c1-3-10-18(23(2,20)21)14-8-6-13(7-9-14)16(19)17-12-15-5-4-11-22-15/h3-9,11H,1,10,12H2,2H3,(H,17,19). The second-order valence-corrected chi connectivity index (χ2v) is 6.80. The summed E-state index contributed by atoms with van der Waals surface area (Å²) in [6, 6.07) is 9.85. The van der Waals surface area contributed by atoms with Gasteiger partial charge in [0.05, 0.1) is 31.3 Å². The number of anilines is 1. The Bertz CT molecular complexity index is 765. The maximum atomic E-state index is 12.0. The first kappa shape index (κ1) is 16.8. The number of benzene rings is 1. The molecular formula is C16H18N2O4S. The van der Waals surface area contributed by atoms with Crippen molar-refractivity contribution in [3.8, 4) is 0 Å². The summed E-state index contributed by atoms with van der Waals surface area (Å²) in [6.07, 6.45) is 4.17. The van der Waals surface area contributed by atoms with E-state index < -0.39 is 10.0 Å². The van der Waals surface area contributed by atoms with Gasteiger partial charge in [-0.1, -0.05) is 6.08 Å². The summed E-state index contributed by atoms with van der Waals surface area (Å²) in [5, 5.41) is 2.72. The van der Waals surface area contributed by atoms with Gasteiger partial charge in [-0.05, 0) is 36.4 Å². The van der Waals surface area contributed by atoms with Crippen molar-refractivity contribution in [2.75, 3.05) is 17.1 Å². The van der Waals surface area contributed by atoms with Gasteiger partial charge in [-0.3, -0.25) is 9.10 Å². The Morgan fingerprint density at radius 2 is 2.00 bits per heavy atom. The number of sulfonamides is 1. The molecule has 1 amide bonds. The molecule has 0 aliphatic heterocycles. The molecule has 0 aliphatic rings. The van der Waals surface area contributed by atoms with Crippen LogP contribution in [0.15, 0.2) is 59.7 Å². The highest BCUT2D eigenvalue weighted by atomic mass is 32.2. The van der Waals surface area contributed by atoms with E-state index in [1.165, 1.54) is 16.6 Å². The third-order valence-corrected chi connectivity index (χ3v) is 4.28. The number of furan rings is 1. The predicted molar refractivity (Wildman–Crippen MR) is 88.7 cm³/mol. The molecule has 0 saturated heterocycles. The van der Waals surface area contributed by atoms with Crippen molar-refractivity contribution < 1.29 is 17.6 Å². The van der Waals surface area contributed by atoms with Crippen molar-refractivity contribution in [3.05, 3.63) is 66.6 Å². The molecule has 1 aromatic heterocycles. The molecule has 6 nitrogen and oxygen atoms in total. The number of hydrogen-bond acceptors (Lipinski definition) is 4. The Morgan fingerprint density at radius 1 is 1.30 bits per heavy atom. The molecule has 1 aromatic carbocycles. The van der Waals surface area contributed by atoms with Gasteiger partial charge in [-0.2, -0.15) is 0 Å². The summed E-state index contributed by atoms with van der Waals surface area (Å²) in [6.45, 7) is 4.02. The van der Waals surface area contributed by atoms with Gasteiger partial charge in [-0.15, -0.1) is 6.58 Å². The first-order valence-electron chi connectivity index (χ1n) is 6.91. The third-order valence-electron chi connectivity index (χ3n) is 3.12. The van der Waals surface area contributed by atoms with Crippen molar-refractivity contribution >= 4 is 21.6 Å². The Hall–Kier alpha value is -2.54. The predicted octanol–water partition coefficient (Wildman–Crippen LogP) is 2.16. The molecule has 122 valence electrons. The van der Waals surface area contributed by atoms with Crippen LogP contribution in [-0.2, 0) is 16.6 Å². The highest BCUT2D eigenvalue weighted by Gasteiger charge is 2.16. The maximum absolute atomic E-state index is 12.0. The number of carbonyl (C=O) groups excluding carboxylic acids is 1. The van der Waals surface area contributed by atoms with E-state index in [4.69, 9.17) is 4.42 Å². The fourth-order valence-corrected chi connectivity index (χ4v) is 2.89. The van der Waals surface area contributed by atoms with Gasteiger partial charge in [0.2, 0.25) is 10.0 Å². The normalized spacial score (nSPS) is 11.0. The van der Waals surface area contributed by atoms with E-state index in [9.17, 15) is 13.2 Å². The van der Waals surface area contributed by atoms with Crippen LogP contribution in [0.1, 0.15) is 16.1 Å². The van der Waals surface area contributed by atoms with E-state index in [1.54, 1.807) is 36.4 Å². The smallest absolute Gasteiger partial charge is 0.251 e. The van der Waals surface area contributed by atoms with Crippen LogP contribution in [0, 0.1) is 0 Å². The third kappa shape index (κ3) is 4.46. The molecule has 0 aliphatic carbocycles. The van der Waals surface area contributed by atoms with Crippen LogP contribution in [0.5, 0.6) is 0 Å². The lowest BCUT2D eigenvalue weighted by Crippen LogP contribution is -2.30. The number of rotatable bonds is 7. The van der Waals surface area contributed by atoms with Gasteiger partial charge in [0.15, 0.2) is 0 Å². The molecule has 7 heteroatoms. The van der Waals surface area contributed by atoms with Gasteiger partial charge in [0, 0.05) is 5.56 Å². The molecule has 2 rings (SSSR count). The summed E-state index contributed by atoms with van der Waals surface area (Å²) in [5.41, 5.74) is 0.919. The summed E-state index contributed by atoms with van der Waals surface area (Å²) >= 11 is 0. The lowest BCUT2D eigenvalue weighted by molar-refractivity contribution is 0.0948. The average molecular weight is 334 g/mol. The van der Waals surface area contributed by atoms with E-state index in [0.717, 1.165) is 6.26 Å². The molecule has 0 unspecified atom stereocenters. The Balaban J connectivity index is 2.08. The Kier molecular flexibility index (Phi) is 5.23. The quantitative estimate of drug-likeness (QED) is 0.787. The summed E-state index contributed by atoms with van der Waals surface area (Å²) in [4.78, 5) is 12.0. The molecule has 1 N–H and O–H groups in total.